The molecule has 0 radical (unpaired) electrons. The number of hydrogen-bond acceptors (Lipinski definition) is 1. The molecule has 0 amide bonds. The van der Waals surface area contributed by atoms with Gasteiger partial charge in [0.1, 0.15) is 0 Å². The number of aromatic nitrogens is 4. The number of imidazole rings is 1. The number of aryl methyl sites for hydroxylation is 1. The predicted octanol–water partition coefficient (Wildman–Crippen LogP) is 8.92. The first kappa shape index (κ1) is 21.6. The average Bonchev–Trinajstić information content (AvgIpc) is 3.65. The van der Waals surface area contributed by atoms with Gasteiger partial charge in [-0.25, -0.2) is 4.98 Å². The van der Waals surface area contributed by atoms with Gasteiger partial charge in [0.05, 0.1) is 33.1 Å². The number of fused-ring (bicyclic) bond motifs is 10. The molecule has 0 aliphatic rings. The molecule has 3 heterocycles. The van der Waals surface area contributed by atoms with Crippen LogP contribution in [-0.4, -0.2) is 18.7 Å². The molecule has 0 saturated heterocycles. The van der Waals surface area contributed by atoms with Crippen molar-refractivity contribution in [3.63, 3.8) is 0 Å². The number of nitrogens with zero attached hydrogens (tertiary/aromatic N) is 4. The summed E-state index contributed by atoms with van der Waals surface area (Å²) in [5.41, 5.74) is 8.03. The van der Waals surface area contributed by atoms with Gasteiger partial charge < -0.3 is 9.13 Å². The van der Waals surface area contributed by atoms with Crippen LogP contribution in [-0.2, 0) is 7.05 Å². The van der Waals surface area contributed by atoms with Gasteiger partial charge >= 0.3 is 0 Å². The lowest BCUT2D eigenvalue weighted by Gasteiger charge is -2.10. The Kier molecular flexibility index (Phi) is 4.23. The fraction of sp³-hybridized carbons (Fsp3) is 0.0278. The molecule has 0 N–H and O–H groups in total. The molecular formula is C36H24N4. The van der Waals surface area contributed by atoms with E-state index < -0.39 is 0 Å². The smallest absolute Gasteiger partial charge is 0.215 e. The maximum absolute atomic E-state index is 5.18. The van der Waals surface area contributed by atoms with E-state index in [0.717, 1.165) is 28.2 Å². The summed E-state index contributed by atoms with van der Waals surface area (Å²) in [6, 6.07) is 45.6. The van der Waals surface area contributed by atoms with E-state index in [2.05, 4.69) is 148 Å². The maximum atomic E-state index is 5.18. The minimum Gasteiger partial charge on any atom is -0.313 e. The minimum atomic E-state index is 0.918. The van der Waals surface area contributed by atoms with E-state index in [0.29, 0.717) is 0 Å². The first-order chi connectivity index (χ1) is 19.8. The summed E-state index contributed by atoms with van der Waals surface area (Å²) in [4.78, 5) is 5.18. The van der Waals surface area contributed by atoms with Crippen LogP contribution in [0, 0.1) is 0 Å². The Balaban J connectivity index is 1.57. The summed E-state index contributed by atoms with van der Waals surface area (Å²) >= 11 is 0. The second kappa shape index (κ2) is 7.84. The second-order valence-electron chi connectivity index (χ2n) is 10.5. The van der Waals surface area contributed by atoms with Crippen molar-refractivity contribution in [1.29, 1.82) is 0 Å². The third kappa shape index (κ3) is 2.72. The third-order valence-electron chi connectivity index (χ3n) is 8.43. The molecule has 4 heteroatoms. The Bertz CT molecular complexity index is 2440. The minimum absolute atomic E-state index is 0.918. The summed E-state index contributed by atoms with van der Waals surface area (Å²) in [7, 11) is 2.12. The average molecular weight is 513 g/mol. The predicted molar refractivity (Wildman–Crippen MR) is 167 cm³/mol. The monoisotopic (exact) mass is 512 g/mol. The van der Waals surface area contributed by atoms with Crippen molar-refractivity contribution in [3.05, 3.63) is 127 Å². The highest BCUT2D eigenvalue weighted by atomic mass is 15.2. The van der Waals surface area contributed by atoms with E-state index in [1.54, 1.807) is 0 Å². The van der Waals surface area contributed by atoms with Gasteiger partial charge in [-0.2, -0.15) is 0 Å². The van der Waals surface area contributed by atoms with Crippen molar-refractivity contribution < 1.29 is 0 Å². The molecule has 0 bridgehead atoms. The van der Waals surface area contributed by atoms with E-state index in [9.17, 15) is 0 Å². The number of benzene rings is 6. The molecule has 0 saturated carbocycles. The van der Waals surface area contributed by atoms with Crippen LogP contribution in [0.2, 0.25) is 0 Å². The van der Waals surface area contributed by atoms with Crippen molar-refractivity contribution in [1.82, 2.24) is 18.7 Å². The van der Waals surface area contributed by atoms with Crippen molar-refractivity contribution in [3.8, 4) is 11.6 Å². The second-order valence-corrected chi connectivity index (χ2v) is 10.5. The molecule has 9 rings (SSSR count). The van der Waals surface area contributed by atoms with E-state index in [4.69, 9.17) is 4.98 Å². The van der Waals surface area contributed by atoms with E-state index in [1.165, 1.54) is 48.9 Å². The molecule has 6 aromatic carbocycles. The van der Waals surface area contributed by atoms with Gasteiger partial charge in [-0.05, 0) is 41.8 Å². The Hall–Kier alpha value is -5.35. The Morgan fingerprint density at radius 3 is 2.02 bits per heavy atom. The normalized spacial score (nSPS) is 12.1. The van der Waals surface area contributed by atoms with Crippen LogP contribution in [0.5, 0.6) is 0 Å². The molecule has 0 aliphatic heterocycles. The lowest BCUT2D eigenvalue weighted by Crippen LogP contribution is -2.03. The van der Waals surface area contributed by atoms with Crippen LogP contribution < -0.4 is 0 Å². The molecule has 188 valence electrons. The molecule has 4 nitrogen and oxygen atoms in total. The van der Waals surface area contributed by atoms with Crippen LogP contribution in [0.1, 0.15) is 0 Å². The SMILES string of the molecule is Cn1c(-n2c3ccccc3c3ccc4c(c5ccc6ccccc6c5n4-c4ccccc4)c32)nc2ccccc21. The van der Waals surface area contributed by atoms with E-state index in [1.807, 2.05) is 0 Å². The number of para-hydroxylation sites is 4. The van der Waals surface area contributed by atoms with Crippen LogP contribution in [0.15, 0.2) is 127 Å². The summed E-state index contributed by atoms with van der Waals surface area (Å²) < 4.78 is 7.02. The fourth-order valence-corrected chi connectivity index (χ4v) is 6.70. The lowest BCUT2D eigenvalue weighted by molar-refractivity contribution is 0.871. The van der Waals surface area contributed by atoms with Crippen LogP contribution in [0.25, 0.3) is 77.1 Å². The van der Waals surface area contributed by atoms with Crippen molar-refractivity contribution >= 4 is 65.4 Å². The third-order valence-corrected chi connectivity index (χ3v) is 8.43. The fourth-order valence-electron chi connectivity index (χ4n) is 6.70. The topological polar surface area (TPSA) is 27.7 Å². The van der Waals surface area contributed by atoms with Crippen LogP contribution in [0.3, 0.4) is 0 Å². The van der Waals surface area contributed by atoms with Gasteiger partial charge in [0.2, 0.25) is 5.95 Å². The molecule has 9 aromatic rings. The highest BCUT2D eigenvalue weighted by molar-refractivity contribution is 6.29. The largest absolute Gasteiger partial charge is 0.313 e. The van der Waals surface area contributed by atoms with Gasteiger partial charge in [0.25, 0.3) is 0 Å². The van der Waals surface area contributed by atoms with Gasteiger partial charge in [-0.1, -0.05) is 91.0 Å². The molecule has 40 heavy (non-hydrogen) atoms. The molecule has 0 unspecified atom stereocenters. The standard InChI is InChI=1S/C36H24N4/c1-38-31-18-10-8-16-29(31)37-36(38)40-30-17-9-7-15-26(30)27-21-22-32-33(35(27)40)28-20-19-23-11-5-6-14-25(23)34(28)39(32)24-12-3-2-4-13-24/h2-22H,1H3. The zero-order valence-corrected chi connectivity index (χ0v) is 21.9. The molecule has 0 aliphatic carbocycles. The zero-order chi connectivity index (χ0) is 26.4. The Labute approximate surface area is 229 Å². The Morgan fingerprint density at radius 1 is 0.475 bits per heavy atom. The lowest BCUT2D eigenvalue weighted by atomic mass is 10.0. The first-order valence-electron chi connectivity index (χ1n) is 13.6. The quantitative estimate of drug-likeness (QED) is 0.227. The highest BCUT2D eigenvalue weighted by Crippen LogP contribution is 2.43. The molecule has 3 aromatic heterocycles. The summed E-state index contributed by atoms with van der Waals surface area (Å²) in [6.07, 6.45) is 0. The van der Waals surface area contributed by atoms with Crippen LogP contribution >= 0.6 is 0 Å². The van der Waals surface area contributed by atoms with E-state index >= 15 is 0 Å². The van der Waals surface area contributed by atoms with Crippen molar-refractivity contribution in [2.75, 3.05) is 0 Å². The van der Waals surface area contributed by atoms with Crippen LogP contribution in [0.4, 0.5) is 0 Å². The van der Waals surface area contributed by atoms with Gasteiger partial charge in [0.15, 0.2) is 0 Å². The van der Waals surface area contributed by atoms with Gasteiger partial charge in [-0.3, -0.25) is 4.57 Å². The van der Waals surface area contributed by atoms with Gasteiger partial charge in [-0.15, -0.1) is 0 Å². The highest BCUT2D eigenvalue weighted by Gasteiger charge is 2.23. The number of rotatable bonds is 2. The van der Waals surface area contributed by atoms with Crippen molar-refractivity contribution in [2.45, 2.75) is 0 Å². The number of hydrogen-bond donors (Lipinski definition) is 0. The zero-order valence-electron chi connectivity index (χ0n) is 21.9. The van der Waals surface area contributed by atoms with Gasteiger partial charge in [0, 0.05) is 39.7 Å². The molecule has 0 fully saturated rings. The molecule has 0 spiro atoms. The first-order valence-corrected chi connectivity index (χ1v) is 13.6. The molecular weight excluding hydrogens is 488 g/mol. The summed E-state index contributed by atoms with van der Waals surface area (Å²) in [5.74, 6) is 0.918. The molecule has 0 atom stereocenters. The maximum Gasteiger partial charge on any atom is 0.215 e. The van der Waals surface area contributed by atoms with Crippen molar-refractivity contribution in [2.24, 2.45) is 7.05 Å². The summed E-state index contributed by atoms with van der Waals surface area (Å²) in [5, 5.41) is 7.43. The Morgan fingerprint density at radius 2 is 1.18 bits per heavy atom. The summed E-state index contributed by atoms with van der Waals surface area (Å²) in [6.45, 7) is 0. The van der Waals surface area contributed by atoms with E-state index in [-0.39, 0.29) is 0 Å².